The largest absolute Gasteiger partial charge is 0.376 e. The normalized spacial score (nSPS) is 14.6. The van der Waals surface area contributed by atoms with Gasteiger partial charge in [-0.1, -0.05) is 42.5 Å². The fraction of sp³-hybridized carbons (Fsp3) is 0.276. The molecule has 192 valence electrons. The first kappa shape index (κ1) is 25.9. The summed E-state index contributed by atoms with van der Waals surface area (Å²) in [6, 6.07) is 23.6. The minimum absolute atomic E-state index is 0.00701. The van der Waals surface area contributed by atoms with Crippen molar-refractivity contribution in [1.29, 1.82) is 0 Å². The Bertz CT molecular complexity index is 1230. The lowest BCUT2D eigenvalue weighted by molar-refractivity contribution is -0.114. The monoisotopic (exact) mass is 500 g/mol. The Labute approximate surface area is 217 Å². The van der Waals surface area contributed by atoms with E-state index in [0.29, 0.717) is 35.6 Å². The third-order valence-corrected chi connectivity index (χ3v) is 6.09. The molecule has 3 amide bonds. The molecule has 0 saturated carbocycles. The van der Waals surface area contributed by atoms with Gasteiger partial charge in [-0.25, -0.2) is 0 Å². The van der Waals surface area contributed by atoms with Crippen LogP contribution in [0.2, 0.25) is 0 Å². The van der Waals surface area contributed by atoms with Crippen LogP contribution in [-0.4, -0.2) is 55.5 Å². The summed E-state index contributed by atoms with van der Waals surface area (Å²) < 4.78 is 5.54. The molecule has 1 atom stereocenters. The van der Waals surface area contributed by atoms with E-state index in [1.807, 2.05) is 30.3 Å². The van der Waals surface area contributed by atoms with Crippen molar-refractivity contribution in [1.82, 2.24) is 10.2 Å². The van der Waals surface area contributed by atoms with E-state index in [1.165, 1.54) is 0 Å². The van der Waals surface area contributed by atoms with Crippen molar-refractivity contribution in [3.05, 3.63) is 95.6 Å². The third kappa shape index (κ3) is 7.65. The first-order valence-corrected chi connectivity index (χ1v) is 12.4. The van der Waals surface area contributed by atoms with Gasteiger partial charge in [-0.15, -0.1) is 0 Å². The summed E-state index contributed by atoms with van der Waals surface area (Å²) in [6.07, 6.45) is 2.05. The molecule has 0 aliphatic carbocycles. The van der Waals surface area contributed by atoms with Crippen molar-refractivity contribution >= 4 is 29.1 Å². The van der Waals surface area contributed by atoms with Crippen LogP contribution in [-0.2, 0) is 16.1 Å². The molecule has 1 saturated heterocycles. The molecular formula is C29H32N4O4. The predicted molar refractivity (Wildman–Crippen MR) is 144 cm³/mol. The fourth-order valence-corrected chi connectivity index (χ4v) is 4.15. The molecule has 0 bridgehead atoms. The van der Waals surface area contributed by atoms with E-state index in [0.717, 1.165) is 25.0 Å². The van der Waals surface area contributed by atoms with Gasteiger partial charge in [0.25, 0.3) is 11.8 Å². The first-order chi connectivity index (χ1) is 18.0. The van der Waals surface area contributed by atoms with Crippen LogP contribution in [0.25, 0.3) is 0 Å². The van der Waals surface area contributed by atoms with Crippen LogP contribution in [0.4, 0.5) is 11.4 Å². The quantitative estimate of drug-likeness (QED) is 0.392. The van der Waals surface area contributed by atoms with Gasteiger partial charge in [0.05, 0.1) is 12.6 Å². The summed E-state index contributed by atoms with van der Waals surface area (Å²) in [5.41, 5.74) is 3.23. The van der Waals surface area contributed by atoms with Crippen molar-refractivity contribution in [3.8, 4) is 0 Å². The van der Waals surface area contributed by atoms with Crippen molar-refractivity contribution < 1.29 is 19.1 Å². The molecule has 3 aromatic rings. The molecular weight excluding hydrogens is 468 g/mol. The topological polar surface area (TPSA) is 99.8 Å². The number of amides is 3. The van der Waals surface area contributed by atoms with Crippen molar-refractivity contribution in [2.75, 3.05) is 37.4 Å². The highest BCUT2D eigenvalue weighted by atomic mass is 16.5. The van der Waals surface area contributed by atoms with Crippen LogP contribution in [0.3, 0.4) is 0 Å². The van der Waals surface area contributed by atoms with E-state index in [2.05, 4.69) is 16.0 Å². The second-order valence-electron chi connectivity index (χ2n) is 9.06. The minimum atomic E-state index is -0.268. The number of anilines is 2. The van der Waals surface area contributed by atoms with Crippen LogP contribution >= 0.6 is 0 Å². The Kier molecular flexibility index (Phi) is 8.89. The summed E-state index contributed by atoms with van der Waals surface area (Å²) >= 11 is 0. The van der Waals surface area contributed by atoms with E-state index < -0.39 is 0 Å². The lowest BCUT2D eigenvalue weighted by atomic mass is 10.1. The maximum atomic E-state index is 12.9. The highest BCUT2D eigenvalue weighted by Gasteiger charge is 2.17. The first-order valence-electron chi connectivity index (χ1n) is 12.4. The lowest BCUT2D eigenvalue weighted by Gasteiger charge is -2.18. The standard InChI is InChI=1S/C29H32N4O4/c1-33(20-21-8-3-2-4-9-21)29(36)23-11-6-13-25(17-23)32-27(34)19-30-24-12-5-10-22(16-24)28(35)31-18-26-14-7-15-37-26/h2-6,8-13,16-17,26,30H,7,14-15,18-20H2,1H3,(H,31,35)(H,32,34). The van der Waals surface area contributed by atoms with Gasteiger partial charge in [0.15, 0.2) is 0 Å². The number of hydrogen-bond acceptors (Lipinski definition) is 5. The summed E-state index contributed by atoms with van der Waals surface area (Å²) in [6.45, 7) is 1.73. The smallest absolute Gasteiger partial charge is 0.253 e. The van der Waals surface area contributed by atoms with E-state index >= 15 is 0 Å². The summed E-state index contributed by atoms with van der Waals surface area (Å²) in [5, 5.41) is 8.77. The minimum Gasteiger partial charge on any atom is -0.376 e. The molecule has 3 aromatic carbocycles. The molecule has 1 aliphatic heterocycles. The number of carbonyl (C=O) groups excluding carboxylic acids is 3. The Morgan fingerprint density at radius 1 is 0.919 bits per heavy atom. The van der Waals surface area contributed by atoms with Crippen LogP contribution in [0.1, 0.15) is 39.1 Å². The molecule has 0 radical (unpaired) electrons. The Hall–Kier alpha value is -4.17. The van der Waals surface area contributed by atoms with Crippen LogP contribution in [0.15, 0.2) is 78.9 Å². The Morgan fingerprint density at radius 3 is 2.41 bits per heavy atom. The second-order valence-corrected chi connectivity index (χ2v) is 9.06. The van der Waals surface area contributed by atoms with Crippen molar-refractivity contribution in [2.45, 2.75) is 25.5 Å². The van der Waals surface area contributed by atoms with Crippen LogP contribution in [0.5, 0.6) is 0 Å². The predicted octanol–water partition coefficient (Wildman–Crippen LogP) is 3.92. The third-order valence-electron chi connectivity index (χ3n) is 6.09. The molecule has 0 spiro atoms. The summed E-state index contributed by atoms with van der Waals surface area (Å²) in [4.78, 5) is 39.5. The average molecular weight is 501 g/mol. The van der Waals surface area contributed by atoms with Crippen molar-refractivity contribution in [3.63, 3.8) is 0 Å². The SMILES string of the molecule is CN(Cc1ccccc1)C(=O)c1cccc(NC(=O)CNc2cccc(C(=O)NCC3CCCO3)c2)c1. The van der Waals surface area contributed by atoms with E-state index in [9.17, 15) is 14.4 Å². The summed E-state index contributed by atoms with van der Waals surface area (Å²) in [5.74, 6) is -0.578. The zero-order chi connectivity index (χ0) is 26.0. The zero-order valence-electron chi connectivity index (χ0n) is 20.9. The van der Waals surface area contributed by atoms with Gasteiger partial charge >= 0.3 is 0 Å². The van der Waals surface area contributed by atoms with E-state index in [-0.39, 0.29) is 30.4 Å². The molecule has 1 heterocycles. The number of nitrogens with zero attached hydrogens (tertiary/aromatic N) is 1. The molecule has 1 fully saturated rings. The molecule has 1 aliphatic rings. The van der Waals surface area contributed by atoms with Gasteiger partial charge in [0.1, 0.15) is 0 Å². The van der Waals surface area contributed by atoms with Gasteiger partial charge in [0, 0.05) is 49.2 Å². The average Bonchev–Trinajstić information content (AvgIpc) is 3.45. The van der Waals surface area contributed by atoms with Gasteiger partial charge in [-0.2, -0.15) is 0 Å². The van der Waals surface area contributed by atoms with Gasteiger partial charge in [-0.3, -0.25) is 14.4 Å². The molecule has 0 aromatic heterocycles. The van der Waals surface area contributed by atoms with Crippen LogP contribution in [0, 0.1) is 0 Å². The van der Waals surface area contributed by atoms with Crippen LogP contribution < -0.4 is 16.0 Å². The number of benzene rings is 3. The van der Waals surface area contributed by atoms with E-state index in [1.54, 1.807) is 60.5 Å². The molecule has 4 rings (SSSR count). The molecule has 8 heteroatoms. The Morgan fingerprint density at radius 2 is 1.65 bits per heavy atom. The van der Waals surface area contributed by atoms with Gasteiger partial charge < -0.3 is 25.6 Å². The number of hydrogen-bond donors (Lipinski definition) is 3. The van der Waals surface area contributed by atoms with Crippen molar-refractivity contribution in [2.24, 2.45) is 0 Å². The van der Waals surface area contributed by atoms with Gasteiger partial charge in [0.2, 0.25) is 5.91 Å². The molecule has 8 nitrogen and oxygen atoms in total. The maximum Gasteiger partial charge on any atom is 0.253 e. The number of nitrogens with one attached hydrogen (secondary N) is 3. The lowest BCUT2D eigenvalue weighted by Crippen LogP contribution is -2.31. The highest BCUT2D eigenvalue weighted by molar-refractivity contribution is 5.98. The zero-order valence-corrected chi connectivity index (χ0v) is 20.9. The maximum absolute atomic E-state index is 12.9. The number of carbonyl (C=O) groups is 3. The number of rotatable bonds is 10. The summed E-state index contributed by atoms with van der Waals surface area (Å²) in [7, 11) is 1.75. The molecule has 1 unspecified atom stereocenters. The van der Waals surface area contributed by atoms with Gasteiger partial charge in [-0.05, 0) is 54.8 Å². The Balaban J connectivity index is 1.27. The number of ether oxygens (including phenoxy) is 1. The molecule has 3 N–H and O–H groups in total. The molecule has 37 heavy (non-hydrogen) atoms. The van der Waals surface area contributed by atoms with E-state index in [4.69, 9.17) is 4.74 Å². The fourth-order valence-electron chi connectivity index (χ4n) is 4.15. The second kappa shape index (κ2) is 12.7. The highest BCUT2D eigenvalue weighted by Crippen LogP contribution is 2.15.